The van der Waals surface area contributed by atoms with Crippen LogP contribution in [0.4, 0.5) is 5.69 Å². The van der Waals surface area contributed by atoms with Crippen LogP contribution in [0.5, 0.6) is 5.75 Å². The monoisotopic (exact) mass is 250 g/mol. The van der Waals surface area contributed by atoms with Crippen molar-refractivity contribution in [2.45, 2.75) is 19.8 Å². The molecule has 0 bridgehead atoms. The van der Waals surface area contributed by atoms with Crippen LogP contribution >= 0.6 is 11.6 Å². The van der Waals surface area contributed by atoms with Gasteiger partial charge in [-0.15, -0.1) is 0 Å². The average molecular weight is 251 g/mol. The van der Waals surface area contributed by atoms with E-state index in [1.54, 1.807) is 19.2 Å². The molecule has 0 aliphatic rings. The molecular formula is C13H15ClN2O. The lowest BCUT2D eigenvalue weighted by Crippen LogP contribution is -1.99. The maximum Gasteiger partial charge on any atom is 0.145 e. The molecule has 1 heterocycles. The van der Waals surface area contributed by atoms with E-state index in [1.165, 1.54) is 0 Å². The molecule has 0 saturated carbocycles. The normalized spacial score (nSPS) is 11.1. The molecule has 17 heavy (non-hydrogen) atoms. The molecule has 2 rings (SSSR count). The fourth-order valence-corrected chi connectivity index (χ4v) is 2.05. The first-order valence-electron chi connectivity index (χ1n) is 5.47. The van der Waals surface area contributed by atoms with Crippen LogP contribution in [-0.4, -0.2) is 12.1 Å². The second kappa shape index (κ2) is 4.41. The van der Waals surface area contributed by atoms with Gasteiger partial charge >= 0.3 is 0 Å². The van der Waals surface area contributed by atoms with Crippen LogP contribution in [0.15, 0.2) is 18.2 Å². The number of rotatable bonds is 2. The van der Waals surface area contributed by atoms with Crippen LogP contribution in [0.3, 0.4) is 0 Å². The molecule has 3 nitrogen and oxygen atoms in total. The van der Waals surface area contributed by atoms with E-state index in [9.17, 15) is 0 Å². The second-order valence-corrected chi connectivity index (χ2v) is 4.67. The molecule has 0 aliphatic heterocycles. The number of nitrogens with two attached hydrogens (primary N) is 1. The van der Waals surface area contributed by atoms with Crippen molar-refractivity contribution in [3.8, 4) is 5.75 Å². The van der Waals surface area contributed by atoms with E-state index < -0.39 is 0 Å². The van der Waals surface area contributed by atoms with Crippen molar-refractivity contribution < 1.29 is 4.74 Å². The first kappa shape index (κ1) is 12.0. The molecule has 90 valence electrons. The van der Waals surface area contributed by atoms with Gasteiger partial charge in [-0.3, -0.25) is 0 Å². The van der Waals surface area contributed by atoms with Crippen molar-refractivity contribution in [3.05, 3.63) is 28.9 Å². The summed E-state index contributed by atoms with van der Waals surface area (Å²) in [6, 6.07) is 5.45. The third-order valence-corrected chi connectivity index (χ3v) is 3.05. The maximum absolute atomic E-state index is 6.15. The number of halogens is 1. The number of nitrogens with zero attached hydrogens (tertiary/aromatic N) is 1. The Balaban J connectivity index is 2.85. The van der Waals surface area contributed by atoms with E-state index in [0.717, 1.165) is 16.6 Å². The summed E-state index contributed by atoms with van der Waals surface area (Å²) >= 11 is 6.15. The third-order valence-electron chi connectivity index (χ3n) is 2.73. The van der Waals surface area contributed by atoms with E-state index >= 15 is 0 Å². The highest BCUT2D eigenvalue weighted by Gasteiger charge is 2.13. The zero-order valence-electron chi connectivity index (χ0n) is 10.1. The number of fused-ring (bicyclic) bond motifs is 1. The Morgan fingerprint density at radius 2 is 2.06 bits per heavy atom. The Bertz CT molecular complexity index is 567. The van der Waals surface area contributed by atoms with Crippen LogP contribution in [0, 0.1) is 0 Å². The number of aromatic nitrogens is 1. The molecule has 0 amide bonds. The van der Waals surface area contributed by atoms with Gasteiger partial charge in [-0.25, -0.2) is 4.98 Å². The smallest absolute Gasteiger partial charge is 0.145 e. The van der Waals surface area contributed by atoms with Crippen LogP contribution < -0.4 is 10.5 Å². The summed E-state index contributed by atoms with van der Waals surface area (Å²) < 4.78 is 5.30. The Kier molecular flexibility index (Phi) is 3.11. The van der Waals surface area contributed by atoms with Gasteiger partial charge in [0.2, 0.25) is 0 Å². The molecule has 4 heteroatoms. The molecule has 1 aromatic carbocycles. The quantitative estimate of drug-likeness (QED) is 0.886. The summed E-state index contributed by atoms with van der Waals surface area (Å²) in [4.78, 5) is 4.58. The molecule has 0 saturated heterocycles. The van der Waals surface area contributed by atoms with Crippen molar-refractivity contribution in [1.82, 2.24) is 4.98 Å². The van der Waals surface area contributed by atoms with Gasteiger partial charge in [0.25, 0.3) is 0 Å². The summed E-state index contributed by atoms with van der Waals surface area (Å²) in [5.41, 5.74) is 8.35. The number of ether oxygens (including phenoxy) is 1. The number of pyridine rings is 1. The Hall–Kier alpha value is -1.48. The molecule has 1 aromatic heterocycles. The highest BCUT2D eigenvalue weighted by atomic mass is 35.5. The summed E-state index contributed by atoms with van der Waals surface area (Å²) in [6.45, 7) is 4.15. The highest BCUT2D eigenvalue weighted by Crippen LogP contribution is 2.35. The summed E-state index contributed by atoms with van der Waals surface area (Å²) in [7, 11) is 1.61. The number of benzene rings is 1. The Morgan fingerprint density at radius 3 is 2.65 bits per heavy atom. The van der Waals surface area contributed by atoms with Gasteiger partial charge in [-0.1, -0.05) is 25.4 Å². The lowest BCUT2D eigenvalue weighted by molar-refractivity contribution is 0.419. The van der Waals surface area contributed by atoms with E-state index in [1.807, 2.05) is 6.07 Å². The second-order valence-electron chi connectivity index (χ2n) is 4.26. The van der Waals surface area contributed by atoms with E-state index in [4.69, 9.17) is 22.1 Å². The Morgan fingerprint density at radius 1 is 1.35 bits per heavy atom. The maximum atomic E-state index is 6.15. The van der Waals surface area contributed by atoms with Gasteiger partial charge in [0, 0.05) is 16.8 Å². The van der Waals surface area contributed by atoms with E-state index in [-0.39, 0.29) is 0 Å². The van der Waals surface area contributed by atoms with Gasteiger partial charge in [0.1, 0.15) is 11.3 Å². The van der Waals surface area contributed by atoms with Gasteiger partial charge in [0.15, 0.2) is 0 Å². The van der Waals surface area contributed by atoms with Gasteiger partial charge < -0.3 is 10.5 Å². The minimum absolute atomic E-state index is 0.311. The topological polar surface area (TPSA) is 48.1 Å². The summed E-state index contributed by atoms with van der Waals surface area (Å²) in [5.74, 6) is 1.00. The predicted octanol–water partition coefficient (Wildman–Crippen LogP) is 3.60. The molecule has 2 N–H and O–H groups in total. The van der Waals surface area contributed by atoms with E-state index in [0.29, 0.717) is 22.4 Å². The number of hydrogen-bond donors (Lipinski definition) is 1. The molecule has 0 aliphatic carbocycles. The zero-order chi connectivity index (χ0) is 12.6. The Labute approximate surface area is 106 Å². The van der Waals surface area contributed by atoms with Crippen LogP contribution in [0.1, 0.15) is 25.5 Å². The van der Waals surface area contributed by atoms with Gasteiger partial charge in [-0.05, 0) is 24.1 Å². The third kappa shape index (κ3) is 2.03. The highest BCUT2D eigenvalue weighted by molar-refractivity contribution is 6.36. The predicted molar refractivity (Wildman–Crippen MR) is 71.8 cm³/mol. The van der Waals surface area contributed by atoms with Crippen molar-refractivity contribution in [2.75, 3.05) is 12.8 Å². The van der Waals surface area contributed by atoms with E-state index in [2.05, 4.69) is 18.8 Å². The first-order chi connectivity index (χ1) is 8.04. The molecule has 0 unspecified atom stereocenters. The van der Waals surface area contributed by atoms with Crippen molar-refractivity contribution in [1.29, 1.82) is 0 Å². The lowest BCUT2D eigenvalue weighted by Gasteiger charge is -2.12. The van der Waals surface area contributed by atoms with Gasteiger partial charge in [-0.2, -0.15) is 0 Å². The molecule has 0 atom stereocenters. The van der Waals surface area contributed by atoms with Crippen molar-refractivity contribution in [3.63, 3.8) is 0 Å². The van der Waals surface area contributed by atoms with Crippen LogP contribution in [0.25, 0.3) is 10.9 Å². The standard InChI is InChI=1S/C13H15ClN2O/c1-7(2)10-6-9(15)12-8(14)4-5-11(17-3)13(12)16-10/h4-7H,1-3H3,(H2,15,16). The average Bonchev–Trinajstić information content (AvgIpc) is 2.28. The minimum Gasteiger partial charge on any atom is -0.494 e. The number of nitrogen functional groups attached to an aromatic ring is 1. The summed E-state index contributed by atoms with van der Waals surface area (Å²) in [5, 5.41) is 1.36. The van der Waals surface area contributed by atoms with Gasteiger partial charge in [0.05, 0.1) is 12.1 Å². The van der Waals surface area contributed by atoms with Crippen molar-refractivity contribution >= 4 is 28.2 Å². The summed E-state index contributed by atoms with van der Waals surface area (Å²) in [6.07, 6.45) is 0. The number of hydrogen-bond acceptors (Lipinski definition) is 3. The number of methoxy groups -OCH3 is 1. The lowest BCUT2D eigenvalue weighted by atomic mass is 10.1. The molecule has 0 radical (unpaired) electrons. The zero-order valence-corrected chi connectivity index (χ0v) is 10.9. The SMILES string of the molecule is COc1ccc(Cl)c2c(N)cc(C(C)C)nc12. The van der Waals surface area contributed by atoms with Crippen LogP contribution in [0.2, 0.25) is 5.02 Å². The molecule has 0 spiro atoms. The van der Waals surface area contributed by atoms with Crippen molar-refractivity contribution in [2.24, 2.45) is 0 Å². The largest absolute Gasteiger partial charge is 0.494 e. The minimum atomic E-state index is 0.311. The van der Waals surface area contributed by atoms with Crippen LogP contribution in [-0.2, 0) is 0 Å². The fraction of sp³-hybridized carbons (Fsp3) is 0.308. The fourth-order valence-electron chi connectivity index (χ4n) is 1.79. The molecular weight excluding hydrogens is 236 g/mol. The first-order valence-corrected chi connectivity index (χ1v) is 5.85. The molecule has 0 fully saturated rings. The number of anilines is 1. The molecule has 2 aromatic rings.